The Hall–Kier alpha value is -1.95. The molecule has 3 N–H and O–H groups in total. The molecule has 2 aliphatic carbocycles. The maximum atomic E-state index is 13.1. The Bertz CT molecular complexity index is 1160. The first-order valence-electron chi connectivity index (χ1n) is 9.82. The standard InChI is InChI=1S/C19H23BrN6O3S/c1-25(2)8-10-9-29-18-15(7-22-26(10)18)30(21,28)24-19(27)23-17-13-5-3-11(13)16(20)12-4-6-14(12)17/h7,10H,3-6,8-9H2,1-2H3,(H3,21,23,24,27,28)/t10-,30?/m1/s1. The number of nitrogens with two attached hydrogens (primary N) is 1. The predicted molar refractivity (Wildman–Crippen MR) is 116 cm³/mol. The van der Waals surface area contributed by atoms with Gasteiger partial charge in [0.2, 0.25) is 5.88 Å². The lowest BCUT2D eigenvalue weighted by Gasteiger charge is -2.33. The van der Waals surface area contributed by atoms with Crippen molar-refractivity contribution in [3.63, 3.8) is 0 Å². The normalized spacial score (nSPS) is 20.2. The van der Waals surface area contributed by atoms with Gasteiger partial charge in [-0.1, -0.05) is 15.9 Å². The van der Waals surface area contributed by atoms with Crippen molar-refractivity contribution in [1.29, 1.82) is 0 Å². The molecule has 1 aromatic heterocycles. The zero-order chi connectivity index (χ0) is 21.2. The SMILES string of the molecule is CN(C)C[C@@H]1COc2c(S(N)(=O)=NC(=O)Nc3c4c(c(Br)c5c3CC5)CC4)cnn21. The third-order valence-corrected chi connectivity index (χ3v) is 8.23. The van der Waals surface area contributed by atoms with E-state index in [1.807, 2.05) is 19.0 Å². The maximum absolute atomic E-state index is 13.1. The summed E-state index contributed by atoms with van der Waals surface area (Å²) in [6.07, 6.45) is 5.19. The van der Waals surface area contributed by atoms with Crippen LogP contribution in [0.5, 0.6) is 5.88 Å². The van der Waals surface area contributed by atoms with E-state index >= 15 is 0 Å². The quantitative estimate of drug-likeness (QED) is 0.676. The molecule has 30 heavy (non-hydrogen) atoms. The minimum absolute atomic E-state index is 0.00628. The lowest BCUT2D eigenvalue weighted by Crippen LogP contribution is -2.25. The van der Waals surface area contributed by atoms with Crippen LogP contribution >= 0.6 is 15.9 Å². The molecule has 11 heteroatoms. The van der Waals surface area contributed by atoms with Gasteiger partial charge in [-0.25, -0.2) is 18.8 Å². The molecular weight excluding hydrogens is 472 g/mol. The monoisotopic (exact) mass is 494 g/mol. The van der Waals surface area contributed by atoms with Crippen molar-refractivity contribution >= 4 is 37.6 Å². The number of hydrogen-bond acceptors (Lipinski definition) is 5. The van der Waals surface area contributed by atoms with Crippen molar-refractivity contribution in [3.8, 4) is 5.88 Å². The van der Waals surface area contributed by atoms with Crippen LogP contribution in [-0.4, -0.2) is 52.2 Å². The number of carbonyl (C=O) groups excluding carboxylic acids is 1. The van der Waals surface area contributed by atoms with E-state index in [4.69, 9.17) is 9.88 Å². The fourth-order valence-corrected chi connectivity index (χ4v) is 6.20. The Kier molecular flexibility index (Phi) is 4.69. The average Bonchev–Trinajstić information content (AvgIpc) is 3.13. The van der Waals surface area contributed by atoms with Crippen LogP contribution in [0, 0.1) is 0 Å². The fourth-order valence-electron chi connectivity index (χ4n) is 4.33. The van der Waals surface area contributed by atoms with Gasteiger partial charge in [-0.3, -0.25) is 0 Å². The van der Waals surface area contributed by atoms with E-state index in [9.17, 15) is 9.00 Å². The molecule has 2 atom stereocenters. The van der Waals surface area contributed by atoms with Crippen molar-refractivity contribution in [2.45, 2.75) is 36.6 Å². The van der Waals surface area contributed by atoms with E-state index < -0.39 is 15.9 Å². The summed E-state index contributed by atoms with van der Waals surface area (Å²) >= 11 is 3.68. The molecule has 1 unspecified atom stereocenters. The predicted octanol–water partition coefficient (Wildman–Crippen LogP) is 2.27. The lowest BCUT2D eigenvalue weighted by atomic mass is 9.76. The van der Waals surface area contributed by atoms with Crippen LogP contribution in [0.3, 0.4) is 0 Å². The molecule has 0 fully saturated rings. The first-order chi connectivity index (χ1) is 14.3. The molecule has 0 saturated carbocycles. The van der Waals surface area contributed by atoms with Gasteiger partial charge in [0.15, 0.2) is 9.92 Å². The van der Waals surface area contributed by atoms with E-state index in [1.54, 1.807) is 4.68 Å². The third-order valence-electron chi connectivity index (χ3n) is 5.93. The fraction of sp³-hybridized carbons (Fsp3) is 0.474. The first kappa shape index (κ1) is 20.0. The van der Waals surface area contributed by atoms with Gasteiger partial charge in [-0.05, 0) is 62.0 Å². The summed E-state index contributed by atoms with van der Waals surface area (Å²) in [7, 11) is 0.416. The third kappa shape index (κ3) is 3.06. The second-order valence-electron chi connectivity index (χ2n) is 8.18. The molecule has 0 spiro atoms. The van der Waals surface area contributed by atoms with Crippen LogP contribution in [0.2, 0.25) is 0 Å². The minimum Gasteiger partial charge on any atom is -0.475 e. The molecule has 160 valence electrons. The maximum Gasteiger partial charge on any atom is 0.354 e. The first-order valence-corrected chi connectivity index (χ1v) is 12.2. The van der Waals surface area contributed by atoms with Crippen molar-refractivity contribution < 1.29 is 13.7 Å². The van der Waals surface area contributed by atoms with E-state index in [1.165, 1.54) is 21.8 Å². The second kappa shape index (κ2) is 7.04. The minimum atomic E-state index is -3.50. The van der Waals surface area contributed by atoms with E-state index in [2.05, 4.69) is 30.7 Å². The molecule has 2 aromatic rings. The number of hydrogen-bond donors (Lipinski definition) is 2. The van der Waals surface area contributed by atoms with Gasteiger partial charge in [0.1, 0.15) is 17.5 Å². The van der Waals surface area contributed by atoms with Gasteiger partial charge >= 0.3 is 6.03 Å². The number of halogens is 1. The highest BCUT2D eigenvalue weighted by Crippen LogP contribution is 2.46. The molecule has 2 amide bonds. The number of likely N-dealkylation sites (N-methyl/N-ethyl adjacent to an activating group) is 1. The number of carbonyl (C=O) groups is 1. The molecule has 1 aromatic carbocycles. The summed E-state index contributed by atoms with van der Waals surface area (Å²) in [5.41, 5.74) is 5.56. The Morgan fingerprint density at radius 1 is 1.33 bits per heavy atom. The van der Waals surface area contributed by atoms with Crippen molar-refractivity contribution in [3.05, 3.63) is 32.9 Å². The smallest absolute Gasteiger partial charge is 0.354 e. The summed E-state index contributed by atoms with van der Waals surface area (Å²) in [5.74, 6) is 0.322. The highest BCUT2D eigenvalue weighted by atomic mass is 79.9. The number of ether oxygens (including phenoxy) is 1. The number of urea groups is 1. The molecule has 0 radical (unpaired) electrons. The number of amides is 2. The lowest BCUT2D eigenvalue weighted by molar-refractivity contribution is 0.260. The molecule has 9 nitrogen and oxygen atoms in total. The molecule has 2 heterocycles. The number of anilines is 1. The summed E-state index contributed by atoms with van der Waals surface area (Å²) in [6.45, 7) is 1.13. The highest BCUT2D eigenvalue weighted by Gasteiger charge is 2.33. The van der Waals surface area contributed by atoms with Gasteiger partial charge in [0.05, 0.1) is 6.20 Å². The van der Waals surface area contributed by atoms with E-state index in [0.29, 0.717) is 12.5 Å². The average molecular weight is 495 g/mol. The molecular formula is C19H23BrN6O3S. The van der Waals surface area contributed by atoms with Crippen LogP contribution in [0.25, 0.3) is 0 Å². The largest absolute Gasteiger partial charge is 0.475 e. The van der Waals surface area contributed by atoms with Gasteiger partial charge in [-0.2, -0.15) is 5.10 Å². The van der Waals surface area contributed by atoms with Crippen LogP contribution in [0.4, 0.5) is 10.5 Å². The Labute approximate surface area is 183 Å². The van der Waals surface area contributed by atoms with Crippen LogP contribution in [0.1, 0.15) is 28.3 Å². The number of rotatable bonds is 4. The molecule has 0 bridgehead atoms. The highest BCUT2D eigenvalue weighted by molar-refractivity contribution is 9.10. The Morgan fingerprint density at radius 3 is 2.53 bits per heavy atom. The topological polar surface area (TPSA) is 115 Å². The van der Waals surface area contributed by atoms with E-state index in [0.717, 1.165) is 49.0 Å². The van der Waals surface area contributed by atoms with Crippen molar-refractivity contribution in [2.24, 2.45) is 9.50 Å². The summed E-state index contributed by atoms with van der Waals surface area (Å²) in [6, 6.07) is -0.718. The summed E-state index contributed by atoms with van der Waals surface area (Å²) in [4.78, 5) is 14.8. The number of nitrogens with zero attached hydrogens (tertiary/aromatic N) is 4. The van der Waals surface area contributed by atoms with E-state index in [-0.39, 0.29) is 10.9 Å². The van der Waals surface area contributed by atoms with Crippen LogP contribution in [0.15, 0.2) is 19.9 Å². The van der Waals surface area contributed by atoms with Crippen molar-refractivity contribution in [1.82, 2.24) is 14.7 Å². The summed E-state index contributed by atoms with van der Waals surface area (Å²) in [5, 5.41) is 13.1. The van der Waals surface area contributed by atoms with Crippen LogP contribution < -0.4 is 15.2 Å². The second-order valence-corrected chi connectivity index (χ2v) is 10.7. The van der Waals surface area contributed by atoms with Crippen LogP contribution in [-0.2, 0) is 35.6 Å². The number of fused-ring (bicyclic) bond motifs is 3. The van der Waals surface area contributed by atoms with Crippen molar-refractivity contribution in [2.75, 3.05) is 32.6 Å². The molecule has 0 saturated heterocycles. The van der Waals surface area contributed by atoms with Gasteiger partial charge in [0, 0.05) is 16.7 Å². The van der Waals surface area contributed by atoms with Gasteiger partial charge in [0.25, 0.3) is 0 Å². The Morgan fingerprint density at radius 2 is 1.97 bits per heavy atom. The Balaban J connectivity index is 1.43. The molecule has 3 aliphatic rings. The molecule has 1 aliphatic heterocycles. The summed E-state index contributed by atoms with van der Waals surface area (Å²) < 4.78 is 25.5. The zero-order valence-corrected chi connectivity index (χ0v) is 19.2. The molecule has 5 rings (SSSR count). The number of benzene rings is 1. The number of aromatic nitrogens is 2. The zero-order valence-electron chi connectivity index (χ0n) is 16.8. The van der Waals surface area contributed by atoms with Gasteiger partial charge < -0.3 is 15.0 Å². The number of nitrogens with one attached hydrogen (secondary N) is 1. The van der Waals surface area contributed by atoms with Gasteiger partial charge in [-0.15, -0.1) is 4.36 Å².